The first-order valence-corrected chi connectivity index (χ1v) is 7.05. The van der Waals surface area contributed by atoms with E-state index >= 15 is 0 Å². The molecule has 0 saturated carbocycles. The minimum Gasteiger partial charge on any atom is -0.394 e. The SMILES string of the molecule is Cc1cccc(C(=O)N2CC(CO)OC(C)(C)C2)c1Cl. The number of nitrogens with zero attached hydrogens (tertiary/aromatic N) is 1. The second-order valence-corrected chi connectivity index (χ2v) is 6.18. The van der Waals surface area contributed by atoms with E-state index in [-0.39, 0.29) is 18.6 Å². The maximum absolute atomic E-state index is 12.6. The summed E-state index contributed by atoms with van der Waals surface area (Å²) in [4.78, 5) is 14.3. The largest absolute Gasteiger partial charge is 0.394 e. The molecule has 1 saturated heterocycles. The number of carbonyl (C=O) groups is 1. The lowest BCUT2D eigenvalue weighted by Crippen LogP contribution is -2.55. The number of rotatable bonds is 2. The van der Waals surface area contributed by atoms with Gasteiger partial charge >= 0.3 is 0 Å². The lowest BCUT2D eigenvalue weighted by molar-refractivity contribution is -0.139. The van der Waals surface area contributed by atoms with Crippen LogP contribution in [0.5, 0.6) is 0 Å². The van der Waals surface area contributed by atoms with E-state index < -0.39 is 5.60 Å². The molecule has 1 aromatic carbocycles. The summed E-state index contributed by atoms with van der Waals surface area (Å²) < 4.78 is 5.72. The van der Waals surface area contributed by atoms with Crippen molar-refractivity contribution in [2.75, 3.05) is 19.7 Å². The van der Waals surface area contributed by atoms with Crippen molar-refractivity contribution in [1.29, 1.82) is 0 Å². The molecule has 2 rings (SSSR count). The van der Waals surface area contributed by atoms with Gasteiger partial charge in [0.1, 0.15) is 0 Å². The van der Waals surface area contributed by atoms with Crippen molar-refractivity contribution in [3.63, 3.8) is 0 Å². The number of hydrogen-bond acceptors (Lipinski definition) is 3. The van der Waals surface area contributed by atoms with Crippen LogP contribution in [0.25, 0.3) is 0 Å². The van der Waals surface area contributed by atoms with Gasteiger partial charge in [0.25, 0.3) is 5.91 Å². The third-order valence-corrected chi connectivity index (χ3v) is 3.90. The summed E-state index contributed by atoms with van der Waals surface area (Å²) in [6, 6.07) is 5.43. The molecule has 1 N–H and O–H groups in total. The molecule has 1 fully saturated rings. The fourth-order valence-corrected chi connectivity index (χ4v) is 2.74. The molecule has 110 valence electrons. The van der Waals surface area contributed by atoms with E-state index in [4.69, 9.17) is 16.3 Å². The molecule has 5 heteroatoms. The van der Waals surface area contributed by atoms with Gasteiger partial charge in [0.2, 0.25) is 0 Å². The molecule has 1 aromatic rings. The van der Waals surface area contributed by atoms with E-state index in [1.807, 2.05) is 32.9 Å². The molecule has 1 heterocycles. The molecular weight excluding hydrogens is 278 g/mol. The fourth-order valence-electron chi connectivity index (χ4n) is 2.53. The quantitative estimate of drug-likeness (QED) is 0.911. The smallest absolute Gasteiger partial charge is 0.255 e. The first-order chi connectivity index (χ1) is 9.34. The number of aliphatic hydroxyl groups excluding tert-OH is 1. The fraction of sp³-hybridized carbons (Fsp3) is 0.533. The van der Waals surface area contributed by atoms with Crippen molar-refractivity contribution in [3.8, 4) is 0 Å². The van der Waals surface area contributed by atoms with Crippen molar-refractivity contribution < 1.29 is 14.6 Å². The Labute approximate surface area is 124 Å². The highest BCUT2D eigenvalue weighted by Gasteiger charge is 2.36. The maximum atomic E-state index is 12.6. The van der Waals surface area contributed by atoms with Gasteiger partial charge in [-0.1, -0.05) is 23.7 Å². The van der Waals surface area contributed by atoms with Crippen LogP contribution < -0.4 is 0 Å². The Morgan fingerprint density at radius 2 is 2.25 bits per heavy atom. The van der Waals surface area contributed by atoms with E-state index in [2.05, 4.69) is 0 Å². The normalized spacial score (nSPS) is 21.9. The summed E-state index contributed by atoms with van der Waals surface area (Å²) in [5.74, 6) is -0.117. The van der Waals surface area contributed by atoms with Crippen LogP contribution in [-0.4, -0.2) is 47.3 Å². The molecular formula is C15H20ClNO3. The molecule has 1 amide bonds. The van der Waals surface area contributed by atoms with Crippen LogP contribution in [0, 0.1) is 6.92 Å². The predicted octanol–water partition coefficient (Wildman–Crippen LogP) is 2.26. The average Bonchev–Trinajstić information content (AvgIpc) is 2.39. The molecule has 0 spiro atoms. The molecule has 1 aliphatic heterocycles. The van der Waals surface area contributed by atoms with E-state index in [0.717, 1.165) is 5.56 Å². The average molecular weight is 298 g/mol. The highest BCUT2D eigenvalue weighted by molar-refractivity contribution is 6.34. The van der Waals surface area contributed by atoms with Crippen molar-refractivity contribution in [2.24, 2.45) is 0 Å². The highest BCUT2D eigenvalue weighted by atomic mass is 35.5. The molecule has 0 bridgehead atoms. The molecule has 4 nitrogen and oxygen atoms in total. The van der Waals surface area contributed by atoms with E-state index in [1.54, 1.807) is 11.0 Å². The Hall–Kier alpha value is -1.10. The van der Waals surface area contributed by atoms with Crippen LogP contribution in [0.3, 0.4) is 0 Å². The topological polar surface area (TPSA) is 49.8 Å². The monoisotopic (exact) mass is 297 g/mol. The summed E-state index contributed by atoms with van der Waals surface area (Å²) >= 11 is 6.22. The molecule has 0 aromatic heterocycles. The third kappa shape index (κ3) is 3.14. The van der Waals surface area contributed by atoms with Crippen LogP contribution in [0.2, 0.25) is 5.02 Å². The molecule has 1 unspecified atom stereocenters. The van der Waals surface area contributed by atoms with Gasteiger partial charge in [-0.2, -0.15) is 0 Å². The number of hydrogen-bond donors (Lipinski definition) is 1. The number of aryl methyl sites for hydroxylation is 1. The second-order valence-electron chi connectivity index (χ2n) is 5.80. The maximum Gasteiger partial charge on any atom is 0.255 e. The molecule has 0 aliphatic carbocycles. The highest BCUT2D eigenvalue weighted by Crippen LogP contribution is 2.26. The number of morpholine rings is 1. The van der Waals surface area contributed by atoms with Crippen LogP contribution in [0.15, 0.2) is 18.2 Å². The second kappa shape index (κ2) is 5.72. The summed E-state index contributed by atoms with van der Waals surface area (Å²) in [6.45, 7) is 6.45. The third-order valence-electron chi connectivity index (χ3n) is 3.39. The number of ether oxygens (including phenoxy) is 1. The lowest BCUT2D eigenvalue weighted by Gasteiger charge is -2.42. The number of halogens is 1. The van der Waals surface area contributed by atoms with Gasteiger partial charge in [0, 0.05) is 13.1 Å². The van der Waals surface area contributed by atoms with Crippen molar-refractivity contribution in [2.45, 2.75) is 32.5 Å². The number of amides is 1. The molecule has 20 heavy (non-hydrogen) atoms. The minimum absolute atomic E-state index is 0.102. The summed E-state index contributed by atoms with van der Waals surface area (Å²) in [6.07, 6.45) is -0.355. The Morgan fingerprint density at radius 1 is 1.55 bits per heavy atom. The summed E-state index contributed by atoms with van der Waals surface area (Å²) in [7, 11) is 0. The van der Waals surface area contributed by atoms with E-state index in [9.17, 15) is 9.90 Å². The zero-order valence-corrected chi connectivity index (χ0v) is 12.8. The van der Waals surface area contributed by atoms with E-state index in [0.29, 0.717) is 23.7 Å². The predicted molar refractivity (Wildman–Crippen MR) is 78.1 cm³/mol. The number of benzene rings is 1. The van der Waals surface area contributed by atoms with Crippen LogP contribution in [-0.2, 0) is 4.74 Å². The van der Waals surface area contributed by atoms with Gasteiger partial charge < -0.3 is 14.7 Å². The van der Waals surface area contributed by atoms with Crippen LogP contribution >= 0.6 is 11.6 Å². The number of aliphatic hydroxyl groups is 1. The lowest BCUT2D eigenvalue weighted by atomic mass is 10.0. The summed E-state index contributed by atoms with van der Waals surface area (Å²) in [5, 5.41) is 9.79. The van der Waals surface area contributed by atoms with Gasteiger partial charge in [0.05, 0.1) is 28.9 Å². The standard InChI is InChI=1S/C15H20ClNO3/c1-10-5-4-6-12(13(10)16)14(19)17-7-11(8-18)20-15(2,3)9-17/h4-6,11,18H,7-9H2,1-3H3. The number of carbonyl (C=O) groups excluding carboxylic acids is 1. The molecule has 1 aliphatic rings. The van der Waals surface area contributed by atoms with Gasteiger partial charge in [-0.05, 0) is 32.4 Å². The van der Waals surface area contributed by atoms with Crippen LogP contribution in [0.4, 0.5) is 0 Å². The first-order valence-electron chi connectivity index (χ1n) is 6.67. The van der Waals surface area contributed by atoms with Gasteiger partial charge in [-0.15, -0.1) is 0 Å². The Morgan fingerprint density at radius 3 is 2.90 bits per heavy atom. The Kier molecular flexibility index (Phi) is 4.37. The summed E-state index contributed by atoms with van der Waals surface area (Å²) in [5.41, 5.74) is 0.905. The Balaban J connectivity index is 2.26. The molecule has 0 radical (unpaired) electrons. The van der Waals surface area contributed by atoms with Crippen molar-refractivity contribution in [3.05, 3.63) is 34.3 Å². The van der Waals surface area contributed by atoms with Crippen molar-refractivity contribution in [1.82, 2.24) is 4.90 Å². The van der Waals surface area contributed by atoms with Gasteiger partial charge in [-0.3, -0.25) is 4.79 Å². The zero-order valence-electron chi connectivity index (χ0n) is 12.0. The van der Waals surface area contributed by atoms with E-state index in [1.165, 1.54) is 0 Å². The van der Waals surface area contributed by atoms with Crippen LogP contribution in [0.1, 0.15) is 29.8 Å². The van der Waals surface area contributed by atoms with Gasteiger partial charge in [0.15, 0.2) is 0 Å². The van der Waals surface area contributed by atoms with Crippen molar-refractivity contribution >= 4 is 17.5 Å². The zero-order chi connectivity index (χ0) is 14.9. The Bertz CT molecular complexity index is 516. The molecule has 1 atom stereocenters. The first kappa shape index (κ1) is 15.3. The minimum atomic E-state index is -0.475. The van der Waals surface area contributed by atoms with Gasteiger partial charge in [-0.25, -0.2) is 0 Å².